The molecule has 2 amide bonds. The van der Waals surface area contributed by atoms with Crippen LogP contribution in [0.15, 0.2) is 18.2 Å². The Kier molecular flexibility index (Phi) is 5.90. The molecule has 1 aromatic heterocycles. The van der Waals surface area contributed by atoms with Crippen molar-refractivity contribution in [3.05, 3.63) is 29.6 Å². The largest absolute Gasteiger partial charge is 0.348 e. The molecule has 1 saturated carbocycles. The number of nitrogens with one attached hydrogen (secondary N) is 2. The number of carbonyl (C=O) groups excluding carboxylic acids is 2. The predicted molar refractivity (Wildman–Crippen MR) is 97.7 cm³/mol. The van der Waals surface area contributed by atoms with E-state index in [1.807, 2.05) is 0 Å². The first-order valence-electron chi connectivity index (χ1n) is 9.22. The second kappa shape index (κ2) is 8.16. The van der Waals surface area contributed by atoms with Gasteiger partial charge in [0.15, 0.2) is 9.84 Å². The van der Waals surface area contributed by atoms with Crippen LogP contribution in [0.1, 0.15) is 65.9 Å². The van der Waals surface area contributed by atoms with E-state index in [-0.39, 0.29) is 34.8 Å². The van der Waals surface area contributed by atoms with Crippen LogP contribution in [0.25, 0.3) is 0 Å². The van der Waals surface area contributed by atoms with Gasteiger partial charge < -0.3 is 10.6 Å². The highest BCUT2D eigenvalue weighted by Gasteiger charge is 2.29. The third-order valence-corrected chi connectivity index (χ3v) is 6.74. The highest BCUT2D eigenvalue weighted by molar-refractivity contribution is 7.91. The van der Waals surface area contributed by atoms with Gasteiger partial charge in [-0.2, -0.15) is 0 Å². The van der Waals surface area contributed by atoms with Crippen molar-refractivity contribution >= 4 is 21.7 Å². The van der Waals surface area contributed by atoms with Gasteiger partial charge in [-0.3, -0.25) is 9.59 Å². The Hall–Kier alpha value is -1.96. The minimum Gasteiger partial charge on any atom is -0.348 e. The molecule has 1 aliphatic carbocycles. The Labute approximate surface area is 153 Å². The minimum absolute atomic E-state index is 0.0411. The summed E-state index contributed by atoms with van der Waals surface area (Å²) < 4.78 is 23.0. The zero-order valence-corrected chi connectivity index (χ0v) is 15.6. The number of pyridine rings is 1. The maximum atomic E-state index is 12.4. The van der Waals surface area contributed by atoms with Gasteiger partial charge in [0.2, 0.25) is 0 Å². The standard InChI is InChI=1S/C18H25N3O4S/c22-17(19-13-6-3-1-2-4-7-13)15-8-5-9-16(21-15)18(23)20-14-10-11-26(24,25)12-14/h5,8-9,13-14H,1-4,6-7,10-12H2,(H,19,22)(H,20,23). The molecule has 1 saturated heterocycles. The Balaban J connectivity index is 1.61. The van der Waals surface area contributed by atoms with Crippen molar-refractivity contribution in [2.75, 3.05) is 11.5 Å². The summed E-state index contributed by atoms with van der Waals surface area (Å²) >= 11 is 0. The van der Waals surface area contributed by atoms with Gasteiger partial charge in [-0.15, -0.1) is 0 Å². The Morgan fingerprint density at radius 2 is 1.46 bits per heavy atom. The smallest absolute Gasteiger partial charge is 0.270 e. The summed E-state index contributed by atoms with van der Waals surface area (Å²) in [6.07, 6.45) is 7.00. The highest BCUT2D eigenvalue weighted by Crippen LogP contribution is 2.17. The van der Waals surface area contributed by atoms with Crippen LogP contribution in [0.3, 0.4) is 0 Å². The second-order valence-corrected chi connectivity index (χ2v) is 9.37. The zero-order valence-electron chi connectivity index (χ0n) is 14.7. The van der Waals surface area contributed by atoms with Crippen molar-refractivity contribution in [3.8, 4) is 0 Å². The monoisotopic (exact) mass is 379 g/mol. The summed E-state index contributed by atoms with van der Waals surface area (Å²) in [6, 6.07) is 4.50. The number of carbonyl (C=O) groups is 2. The summed E-state index contributed by atoms with van der Waals surface area (Å²) in [5, 5.41) is 5.71. The van der Waals surface area contributed by atoms with E-state index in [1.165, 1.54) is 18.9 Å². The summed E-state index contributed by atoms with van der Waals surface area (Å²) in [7, 11) is -3.06. The summed E-state index contributed by atoms with van der Waals surface area (Å²) in [6.45, 7) is 0. The molecule has 0 radical (unpaired) electrons. The van der Waals surface area contributed by atoms with Crippen LogP contribution in [0.4, 0.5) is 0 Å². The van der Waals surface area contributed by atoms with E-state index in [2.05, 4.69) is 15.6 Å². The van der Waals surface area contributed by atoms with Crippen LogP contribution in [0.5, 0.6) is 0 Å². The molecule has 1 unspecified atom stereocenters. The molecule has 26 heavy (non-hydrogen) atoms. The summed E-state index contributed by atoms with van der Waals surface area (Å²) in [5.41, 5.74) is 0.337. The lowest BCUT2D eigenvalue weighted by Crippen LogP contribution is -2.37. The summed E-state index contributed by atoms with van der Waals surface area (Å²) in [5.74, 6) is -0.665. The van der Waals surface area contributed by atoms with Crippen molar-refractivity contribution in [2.24, 2.45) is 0 Å². The molecular weight excluding hydrogens is 354 g/mol. The van der Waals surface area contributed by atoms with Crippen molar-refractivity contribution in [3.63, 3.8) is 0 Å². The first kappa shape index (κ1) is 18.8. The number of hydrogen-bond donors (Lipinski definition) is 2. The van der Waals surface area contributed by atoms with Crippen LogP contribution in [0, 0.1) is 0 Å². The van der Waals surface area contributed by atoms with E-state index in [0.29, 0.717) is 6.42 Å². The number of nitrogens with zero attached hydrogens (tertiary/aromatic N) is 1. The molecular formula is C18H25N3O4S. The van der Waals surface area contributed by atoms with Crippen molar-refractivity contribution in [1.82, 2.24) is 15.6 Å². The molecule has 3 rings (SSSR count). The SMILES string of the molecule is O=C(NC1CCCCCC1)c1cccc(C(=O)NC2CCS(=O)(=O)C2)n1. The van der Waals surface area contributed by atoms with Gasteiger partial charge in [0.25, 0.3) is 11.8 Å². The van der Waals surface area contributed by atoms with Gasteiger partial charge in [-0.1, -0.05) is 31.7 Å². The van der Waals surface area contributed by atoms with Crippen LogP contribution in [-0.4, -0.2) is 48.8 Å². The van der Waals surface area contributed by atoms with E-state index in [1.54, 1.807) is 12.1 Å². The molecule has 8 heteroatoms. The normalized spacial score (nSPS) is 23.2. The number of aromatic nitrogens is 1. The fourth-order valence-corrected chi connectivity index (χ4v) is 5.21. The van der Waals surface area contributed by atoms with Crippen LogP contribution >= 0.6 is 0 Å². The number of sulfone groups is 1. The molecule has 142 valence electrons. The average Bonchev–Trinajstić information content (AvgIpc) is 2.80. The highest BCUT2D eigenvalue weighted by atomic mass is 32.2. The van der Waals surface area contributed by atoms with Gasteiger partial charge >= 0.3 is 0 Å². The topological polar surface area (TPSA) is 105 Å². The van der Waals surface area contributed by atoms with Crippen molar-refractivity contribution < 1.29 is 18.0 Å². The lowest BCUT2D eigenvalue weighted by Gasteiger charge is -2.16. The summed E-state index contributed by atoms with van der Waals surface area (Å²) in [4.78, 5) is 28.9. The van der Waals surface area contributed by atoms with E-state index in [0.717, 1.165) is 25.7 Å². The minimum atomic E-state index is -3.06. The lowest BCUT2D eigenvalue weighted by atomic mass is 10.1. The van der Waals surface area contributed by atoms with E-state index < -0.39 is 21.8 Å². The predicted octanol–water partition coefficient (Wildman–Crippen LogP) is 1.45. The van der Waals surface area contributed by atoms with Crippen molar-refractivity contribution in [2.45, 2.75) is 57.0 Å². The maximum absolute atomic E-state index is 12.4. The Morgan fingerprint density at radius 1 is 0.885 bits per heavy atom. The van der Waals surface area contributed by atoms with Crippen molar-refractivity contribution in [1.29, 1.82) is 0 Å². The lowest BCUT2D eigenvalue weighted by molar-refractivity contribution is 0.0926. The van der Waals surface area contributed by atoms with Gasteiger partial charge in [0.05, 0.1) is 11.5 Å². The molecule has 2 N–H and O–H groups in total. The van der Waals surface area contributed by atoms with Crippen LogP contribution < -0.4 is 10.6 Å². The van der Waals surface area contributed by atoms with Gasteiger partial charge in [0.1, 0.15) is 11.4 Å². The molecule has 2 aliphatic rings. The zero-order chi connectivity index (χ0) is 18.6. The van der Waals surface area contributed by atoms with Gasteiger partial charge in [0, 0.05) is 12.1 Å². The second-order valence-electron chi connectivity index (χ2n) is 7.14. The maximum Gasteiger partial charge on any atom is 0.270 e. The number of rotatable bonds is 4. The first-order chi connectivity index (χ1) is 12.4. The molecule has 2 fully saturated rings. The fraction of sp³-hybridized carbons (Fsp3) is 0.611. The van der Waals surface area contributed by atoms with E-state index >= 15 is 0 Å². The molecule has 0 spiro atoms. The molecule has 0 bridgehead atoms. The number of hydrogen-bond acceptors (Lipinski definition) is 5. The average molecular weight is 379 g/mol. The molecule has 1 aromatic rings. The van der Waals surface area contributed by atoms with E-state index in [9.17, 15) is 18.0 Å². The third kappa shape index (κ3) is 5.03. The van der Waals surface area contributed by atoms with Crippen LogP contribution in [0.2, 0.25) is 0 Å². The molecule has 1 aliphatic heterocycles. The molecule has 0 aromatic carbocycles. The van der Waals surface area contributed by atoms with Crippen LogP contribution in [-0.2, 0) is 9.84 Å². The van der Waals surface area contributed by atoms with Gasteiger partial charge in [-0.05, 0) is 31.4 Å². The first-order valence-corrected chi connectivity index (χ1v) is 11.0. The third-order valence-electron chi connectivity index (χ3n) is 4.97. The Morgan fingerprint density at radius 3 is 2.00 bits per heavy atom. The Bertz CT molecular complexity index is 770. The quantitative estimate of drug-likeness (QED) is 0.771. The molecule has 2 heterocycles. The molecule has 7 nitrogen and oxygen atoms in total. The molecule has 1 atom stereocenters. The number of amides is 2. The fourth-order valence-electron chi connectivity index (χ4n) is 3.54. The van der Waals surface area contributed by atoms with Gasteiger partial charge in [-0.25, -0.2) is 13.4 Å². The van der Waals surface area contributed by atoms with E-state index in [4.69, 9.17) is 0 Å².